The zero-order valence-corrected chi connectivity index (χ0v) is 12.2. The summed E-state index contributed by atoms with van der Waals surface area (Å²) in [5, 5.41) is 4.01. The van der Waals surface area contributed by atoms with Crippen LogP contribution in [-0.2, 0) is 15.9 Å². The number of nitrogens with two attached hydrogens (primary N) is 1. The first-order chi connectivity index (χ1) is 9.72. The number of ether oxygens (including phenoxy) is 2. The fraction of sp³-hybridized carbons (Fsp3) is 0.846. The summed E-state index contributed by atoms with van der Waals surface area (Å²) < 4.78 is 16.0. The van der Waals surface area contributed by atoms with E-state index in [4.69, 9.17) is 19.7 Å². The van der Waals surface area contributed by atoms with Crippen LogP contribution in [0.15, 0.2) is 4.52 Å². The molecule has 20 heavy (non-hydrogen) atoms. The van der Waals surface area contributed by atoms with Gasteiger partial charge in [-0.25, -0.2) is 0 Å². The lowest BCUT2D eigenvalue weighted by molar-refractivity contribution is -0.0350. The summed E-state index contributed by atoms with van der Waals surface area (Å²) in [5.41, 5.74) is 5.87. The van der Waals surface area contributed by atoms with Gasteiger partial charge in [0.05, 0.1) is 13.2 Å². The molecule has 0 radical (unpaired) electrons. The van der Waals surface area contributed by atoms with Gasteiger partial charge in [0.15, 0.2) is 0 Å². The van der Waals surface area contributed by atoms with Crippen molar-refractivity contribution in [3.8, 4) is 0 Å². The highest BCUT2D eigenvalue weighted by molar-refractivity contribution is 4.95. The van der Waals surface area contributed by atoms with E-state index in [1.54, 1.807) is 7.11 Å². The second kappa shape index (κ2) is 7.68. The van der Waals surface area contributed by atoms with Crippen molar-refractivity contribution in [1.82, 2.24) is 15.0 Å². The maximum Gasteiger partial charge on any atom is 0.228 e. The highest BCUT2D eigenvalue weighted by Gasteiger charge is 2.26. The molecule has 1 aromatic rings. The molecule has 2 unspecified atom stereocenters. The van der Waals surface area contributed by atoms with Gasteiger partial charge in [-0.15, -0.1) is 0 Å². The first kappa shape index (κ1) is 15.4. The highest BCUT2D eigenvalue weighted by atomic mass is 16.5. The molecular formula is C13H24N4O3. The Morgan fingerprint density at radius 1 is 1.55 bits per heavy atom. The van der Waals surface area contributed by atoms with Crippen LogP contribution < -0.4 is 5.73 Å². The lowest BCUT2D eigenvalue weighted by Gasteiger charge is -2.30. The maximum absolute atomic E-state index is 5.87. The molecule has 114 valence electrons. The molecule has 1 aliphatic rings. The third-order valence-corrected chi connectivity index (χ3v) is 3.28. The predicted octanol–water partition coefficient (Wildman–Crippen LogP) is 0.369. The van der Waals surface area contributed by atoms with E-state index < -0.39 is 0 Å². The molecule has 2 rings (SSSR count). The Morgan fingerprint density at radius 3 is 3.15 bits per heavy atom. The molecule has 1 saturated heterocycles. The second-order valence-corrected chi connectivity index (χ2v) is 5.13. The lowest BCUT2D eigenvalue weighted by atomic mass is 10.2. The molecule has 2 atom stereocenters. The van der Waals surface area contributed by atoms with E-state index in [0.29, 0.717) is 31.3 Å². The van der Waals surface area contributed by atoms with Crippen LogP contribution in [0.3, 0.4) is 0 Å². The number of methoxy groups -OCH3 is 1. The molecule has 2 N–H and O–H groups in total. The Morgan fingerprint density at radius 2 is 2.40 bits per heavy atom. The van der Waals surface area contributed by atoms with Crippen molar-refractivity contribution in [2.24, 2.45) is 5.73 Å². The molecule has 0 aromatic carbocycles. The van der Waals surface area contributed by atoms with Gasteiger partial charge in [-0.1, -0.05) is 12.1 Å². The van der Waals surface area contributed by atoms with E-state index in [2.05, 4.69) is 22.0 Å². The molecule has 7 heteroatoms. The molecule has 0 spiro atoms. The minimum absolute atomic E-state index is 0.105. The SMILES string of the molecule is CCCN1CCOC(c2noc(CC(N)COC)n2)C1. The first-order valence-corrected chi connectivity index (χ1v) is 7.13. The summed E-state index contributed by atoms with van der Waals surface area (Å²) in [7, 11) is 1.62. The van der Waals surface area contributed by atoms with Crippen LogP contribution in [0.1, 0.15) is 31.2 Å². The Hall–Kier alpha value is -1.02. The van der Waals surface area contributed by atoms with E-state index >= 15 is 0 Å². The minimum atomic E-state index is -0.128. The lowest BCUT2D eigenvalue weighted by Crippen LogP contribution is -2.39. The van der Waals surface area contributed by atoms with Crippen LogP contribution in [0, 0.1) is 0 Å². The van der Waals surface area contributed by atoms with Crippen LogP contribution in [0.4, 0.5) is 0 Å². The molecule has 0 aliphatic carbocycles. The van der Waals surface area contributed by atoms with E-state index in [1.807, 2.05) is 0 Å². The number of nitrogens with zero attached hydrogens (tertiary/aromatic N) is 3. The third-order valence-electron chi connectivity index (χ3n) is 3.28. The number of aromatic nitrogens is 2. The number of hydrogen-bond donors (Lipinski definition) is 1. The standard InChI is InChI=1S/C13H24N4O3/c1-3-4-17-5-6-19-11(8-17)13-15-12(20-16-13)7-10(14)9-18-2/h10-11H,3-9,14H2,1-2H3. The van der Waals surface area contributed by atoms with Gasteiger partial charge < -0.3 is 19.7 Å². The van der Waals surface area contributed by atoms with Gasteiger partial charge in [0, 0.05) is 32.7 Å². The summed E-state index contributed by atoms with van der Waals surface area (Å²) in [6, 6.07) is -0.128. The predicted molar refractivity (Wildman–Crippen MR) is 73.3 cm³/mol. The number of rotatable bonds is 7. The highest BCUT2D eigenvalue weighted by Crippen LogP contribution is 2.20. The normalized spacial score (nSPS) is 22.1. The van der Waals surface area contributed by atoms with Gasteiger partial charge in [-0.3, -0.25) is 4.90 Å². The van der Waals surface area contributed by atoms with E-state index in [1.165, 1.54) is 0 Å². The topological polar surface area (TPSA) is 86.6 Å². The van der Waals surface area contributed by atoms with Gasteiger partial charge in [-0.05, 0) is 13.0 Å². The molecule has 0 amide bonds. The smallest absolute Gasteiger partial charge is 0.228 e. The van der Waals surface area contributed by atoms with Crippen LogP contribution in [-0.4, -0.2) is 61.0 Å². The van der Waals surface area contributed by atoms with E-state index in [-0.39, 0.29) is 12.1 Å². The largest absolute Gasteiger partial charge is 0.383 e. The van der Waals surface area contributed by atoms with Gasteiger partial charge in [0.1, 0.15) is 6.10 Å². The van der Waals surface area contributed by atoms with Crippen molar-refractivity contribution in [3.63, 3.8) is 0 Å². The molecule has 0 saturated carbocycles. The second-order valence-electron chi connectivity index (χ2n) is 5.13. The number of morpholine rings is 1. The average molecular weight is 284 g/mol. The Balaban J connectivity index is 1.90. The molecule has 0 bridgehead atoms. The summed E-state index contributed by atoms with van der Waals surface area (Å²) in [6.45, 7) is 6.21. The van der Waals surface area contributed by atoms with Gasteiger partial charge in [0.2, 0.25) is 11.7 Å². The third kappa shape index (κ3) is 4.24. The Bertz CT molecular complexity index is 397. The first-order valence-electron chi connectivity index (χ1n) is 7.13. The zero-order chi connectivity index (χ0) is 14.4. The molecule has 7 nitrogen and oxygen atoms in total. The molecule has 1 aliphatic heterocycles. The van der Waals surface area contributed by atoms with Crippen molar-refractivity contribution in [1.29, 1.82) is 0 Å². The van der Waals surface area contributed by atoms with E-state index in [0.717, 1.165) is 26.1 Å². The molecule has 2 heterocycles. The average Bonchev–Trinajstić information content (AvgIpc) is 2.88. The molecular weight excluding hydrogens is 260 g/mol. The van der Waals surface area contributed by atoms with Crippen molar-refractivity contribution < 1.29 is 14.0 Å². The van der Waals surface area contributed by atoms with Crippen molar-refractivity contribution in [2.75, 3.05) is 40.0 Å². The fourth-order valence-electron chi connectivity index (χ4n) is 2.36. The number of hydrogen-bond acceptors (Lipinski definition) is 7. The quantitative estimate of drug-likeness (QED) is 0.774. The summed E-state index contributed by atoms with van der Waals surface area (Å²) in [5.74, 6) is 1.16. The van der Waals surface area contributed by atoms with Gasteiger partial charge >= 0.3 is 0 Å². The van der Waals surface area contributed by atoms with Crippen LogP contribution in [0.2, 0.25) is 0 Å². The summed E-state index contributed by atoms with van der Waals surface area (Å²) in [4.78, 5) is 6.75. The molecule has 1 aromatic heterocycles. The molecule has 1 fully saturated rings. The summed E-state index contributed by atoms with van der Waals surface area (Å²) >= 11 is 0. The Kier molecular flexibility index (Phi) is 5.90. The monoisotopic (exact) mass is 284 g/mol. The van der Waals surface area contributed by atoms with Crippen molar-refractivity contribution in [3.05, 3.63) is 11.7 Å². The van der Waals surface area contributed by atoms with Crippen molar-refractivity contribution >= 4 is 0 Å². The van der Waals surface area contributed by atoms with Crippen LogP contribution in [0.25, 0.3) is 0 Å². The van der Waals surface area contributed by atoms with Crippen LogP contribution in [0.5, 0.6) is 0 Å². The Labute approximate surface area is 119 Å². The van der Waals surface area contributed by atoms with Crippen LogP contribution >= 0.6 is 0 Å². The summed E-state index contributed by atoms with van der Waals surface area (Å²) in [6.07, 6.45) is 1.55. The van der Waals surface area contributed by atoms with Gasteiger partial charge in [0.25, 0.3) is 0 Å². The zero-order valence-electron chi connectivity index (χ0n) is 12.2. The minimum Gasteiger partial charge on any atom is -0.383 e. The fourth-order valence-corrected chi connectivity index (χ4v) is 2.36. The maximum atomic E-state index is 5.87. The van der Waals surface area contributed by atoms with Gasteiger partial charge in [-0.2, -0.15) is 4.98 Å². The van der Waals surface area contributed by atoms with Crippen molar-refractivity contribution in [2.45, 2.75) is 31.9 Å². The van der Waals surface area contributed by atoms with E-state index in [9.17, 15) is 0 Å².